The zero-order valence-electron chi connectivity index (χ0n) is 8.93. The quantitative estimate of drug-likeness (QED) is 0.651. The van der Waals surface area contributed by atoms with Crippen LogP contribution < -0.4 is 11.1 Å². The first kappa shape index (κ1) is 11.2. The minimum absolute atomic E-state index is 0.0215. The Bertz CT molecular complexity index is 231. The number of hydrogen-bond donors (Lipinski definition) is 2. The molecule has 0 aromatic heterocycles. The fourth-order valence-corrected chi connectivity index (χ4v) is 1.31. The molecule has 2 amide bonds. The Morgan fingerprint density at radius 3 is 2.43 bits per heavy atom. The summed E-state index contributed by atoms with van der Waals surface area (Å²) < 4.78 is 13.3. The van der Waals surface area contributed by atoms with Gasteiger partial charge in [0.1, 0.15) is 0 Å². The number of nitrogens with zero attached hydrogens (tertiary/aromatic N) is 1. The van der Waals surface area contributed by atoms with Crippen LogP contribution in [-0.4, -0.2) is 41.8 Å². The summed E-state index contributed by atoms with van der Waals surface area (Å²) >= 11 is 0. The van der Waals surface area contributed by atoms with Crippen molar-refractivity contribution in [3.05, 3.63) is 0 Å². The molecule has 82 valence electrons. The third kappa shape index (κ3) is 2.57. The zero-order chi connectivity index (χ0) is 11.0. The Labute approximate surface area is 83.6 Å². The highest BCUT2D eigenvalue weighted by Crippen LogP contribution is 2.24. The largest absolute Gasteiger partial charge is 0.333 e. The topological polar surface area (TPSA) is 58.4 Å². The van der Waals surface area contributed by atoms with E-state index in [9.17, 15) is 9.18 Å². The number of carbonyl (C=O) groups excluding carboxylic acids is 1. The van der Waals surface area contributed by atoms with E-state index in [1.165, 1.54) is 4.90 Å². The van der Waals surface area contributed by atoms with Crippen molar-refractivity contribution in [3.8, 4) is 0 Å². The second-order valence-electron chi connectivity index (χ2n) is 4.89. The van der Waals surface area contributed by atoms with Crippen LogP contribution in [0.5, 0.6) is 0 Å². The molecule has 0 atom stereocenters. The van der Waals surface area contributed by atoms with Gasteiger partial charge in [0, 0.05) is 12.1 Å². The van der Waals surface area contributed by atoms with Gasteiger partial charge in [-0.3, -0.25) is 0 Å². The molecule has 4 nitrogen and oxygen atoms in total. The maximum absolute atomic E-state index is 13.3. The van der Waals surface area contributed by atoms with Crippen LogP contribution in [-0.2, 0) is 0 Å². The van der Waals surface area contributed by atoms with Crippen LogP contribution in [0.2, 0.25) is 0 Å². The molecule has 3 N–H and O–H groups in total. The summed E-state index contributed by atoms with van der Waals surface area (Å²) in [7, 11) is 0. The summed E-state index contributed by atoms with van der Waals surface area (Å²) in [6.45, 7) is 5.84. The number of amides is 2. The molecule has 1 fully saturated rings. The van der Waals surface area contributed by atoms with E-state index in [0.717, 1.165) is 0 Å². The minimum Gasteiger partial charge on any atom is -0.333 e. The Hall–Kier alpha value is -0.840. The third-order valence-electron chi connectivity index (χ3n) is 2.08. The normalized spacial score (nSPS) is 20.2. The third-order valence-corrected chi connectivity index (χ3v) is 2.08. The van der Waals surface area contributed by atoms with E-state index < -0.39 is 5.67 Å². The lowest BCUT2D eigenvalue weighted by Gasteiger charge is -2.44. The van der Waals surface area contributed by atoms with Crippen LogP contribution in [0.4, 0.5) is 9.18 Å². The van der Waals surface area contributed by atoms with Gasteiger partial charge < -0.3 is 16.0 Å². The molecule has 1 saturated heterocycles. The van der Waals surface area contributed by atoms with E-state index in [0.29, 0.717) is 0 Å². The van der Waals surface area contributed by atoms with Gasteiger partial charge in [0.15, 0.2) is 5.67 Å². The molecule has 0 radical (unpaired) electrons. The molecular weight excluding hydrogens is 185 g/mol. The predicted molar refractivity (Wildman–Crippen MR) is 52.8 cm³/mol. The number of hydrogen-bond acceptors (Lipinski definition) is 2. The maximum atomic E-state index is 13.3. The highest BCUT2D eigenvalue weighted by atomic mass is 19.1. The van der Waals surface area contributed by atoms with Crippen molar-refractivity contribution in [3.63, 3.8) is 0 Å². The second-order valence-corrected chi connectivity index (χ2v) is 4.89. The van der Waals surface area contributed by atoms with E-state index in [-0.39, 0.29) is 31.2 Å². The molecule has 0 bridgehead atoms. The molecule has 5 heteroatoms. The molecule has 0 aromatic carbocycles. The van der Waals surface area contributed by atoms with Crippen LogP contribution in [0.1, 0.15) is 20.8 Å². The standard InChI is InChI=1S/C9H18FN3O/c1-8(2,3)12-7(14)13-5-9(10,4-11)6-13/h4-6,11H2,1-3H3,(H,12,14). The summed E-state index contributed by atoms with van der Waals surface area (Å²) in [5, 5.41) is 2.76. The van der Waals surface area contributed by atoms with Crippen LogP contribution >= 0.6 is 0 Å². The number of halogens is 1. The van der Waals surface area contributed by atoms with E-state index in [1.54, 1.807) is 0 Å². The Kier molecular flexibility index (Phi) is 2.71. The summed E-state index contributed by atoms with van der Waals surface area (Å²) in [5.74, 6) is 0. The average Bonchev–Trinajstić information content (AvgIpc) is 1.95. The van der Waals surface area contributed by atoms with E-state index in [4.69, 9.17) is 5.73 Å². The minimum atomic E-state index is -1.37. The van der Waals surface area contributed by atoms with Crippen molar-refractivity contribution in [2.75, 3.05) is 19.6 Å². The van der Waals surface area contributed by atoms with Crippen molar-refractivity contribution in [2.24, 2.45) is 5.73 Å². The van der Waals surface area contributed by atoms with Gasteiger partial charge in [0.05, 0.1) is 13.1 Å². The van der Waals surface area contributed by atoms with Crippen LogP contribution in [0.15, 0.2) is 0 Å². The number of nitrogens with one attached hydrogen (secondary N) is 1. The molecular formula is C9H18FN3O. The van der Waals surface area contributed by atoms with Crippen molar-refractivity contribution in [1.82, 2.24) is 10.2 Å². The summed E-state index contributed by atoms with van der Waals surface area (Å²) in [6, 6.07) is -0.223. The Balaban J connectivity index is 2.37. The summed E-state index contributed by atoms with van der Waals surface area (Å²) in [4.78, 5) is 12.9. The number of rotatable bonds is 1. The van der Waals surface area contributed by atoms with Gasteiger partial charge >= 0.3 is 6.03 Å². The summed E-state index contributed by atoms with van der Waals surface area (Å²) in [5.41, 5.74) is 3.58. The van der Waals surface area contributed by atoms with Crippen molar-refractivity contribution >= 4 is 6.03 Å². The van der Waals surface area contributed by atoms with Crippen LogP contribution in [0, 0.1) is 0 Å². The second kappa shape index (κ2) is 3.38. The van der Waals surface area contributed by atoms with Gasteiger partial charge in [-0.25, -0.2) is 9.18 Å². The predicted octanol–water partition coefficient (Wildman–Crippen LogP) is 0.477. The number of likely N-dealkylation sites (tertiary alicyclic amines) is 1. The average molecular weight is 203 g/mol. The lowest BCUT2D eigenvalue weighted by Crippen LogP contribution is -2.67. The van der Waals surface area contributed by atoms with Crippen molar-refractivity contribution in [1.29, 1.82) is 0 Å². The molecule has 1 aliphatic rings. The van der Waals surface area contributed by atoms with E-state index in [2.05, 4.69) is 5.32 Å². The lowest BCUT2D eigenvalue weighted by atomic mass is 9.97. The Morgan fingerprint density at radius 1 is 1.57 bits per heavy atom. The zero-order valence-corrected chi connectivity index (χ0v) is 8.93. The number of carbonyl (C=O) groups is 1. The van der Waals surface area contributed by atoms with Crippen LogP contribution in [0.25, 0.3) is 0 Å². The van der Waals surface area contributed by atoms with Crippen molar-refractivity contribution in [2.45, 2.75) is 32.0 Å². The molecule has 0 saturated carbocycles. The number of alkyl halides is 1. The van der Waals surface area contributed by atoms with E-state index in [1.807, 2.05) is 20.8 Å². The highest BCUT2D eigenvalue weighted by Gasteiger charge is 2.45. The molecule has 1 heterocycles. The molecule has 0 unspecified atom stereocenters. The highest BCUT2D eigenvalue weighted by molar-refractivity contribution is 5.76. The molecule has 0 spiro atoms. The van der Waals surface area contributed by atoms with Gasteiger partial charge in [-0.05, 0) is 20.8 Å². The number of urea groups is 1. The first-order valence-corrected chi connectivity index (χ1v) is 4.72. The molecule has 0 aliphatic carbocycles. The van der Waals surface area contributed by atoms with Crippen LogP contribution in [0.3, 0.4) is 0 Å². The first-order valence-electron chi connectivity index (χ1n) is 4.72. The SMILES string of the molecule is CC(C)(C)NC(=O)N1CC(F)(CN)C1. The lowest BCUT2D eigenvalue weighted by molar-refractivity contribution is 0.000677. The number of nitrogens with two attached hydrogens (primary N) is 1. The fraction of sp³-hybridized carbons (Fsp3) is 0.889. The smallest absolute Gasteiger partial charge is 0.318 e. The fourth-order valence-electron chi connectivity index (χ4n) is 1.31. The van der Waals surface area contributed by atoms with Gasteiger partial charge in [-0.2, -0.15) is 0 Å². The molecule has 1 rings (SSSR count). The molecule has 0 aromatic rings. The van der Waals surface area contributed by atoms with Gasteiger partial charge in [-0.15, -0.1) is 0 Å². The van der Waals surface area contributed by atoms with E-state index >= 15 is 0 Å². The summed E-state index contributed by atoms with van der Waals surface area (Å²) in [6.07, 6.45) is 0. The maximum Gasteiger partial charge on any atom is 0.318 e. The first-order chi connectivity index (χ1) is 6.26. The monoisotopic (exact) mass is 203 g/mol. The Morgan fingerprint density at radius 2 is 2.07 bits per heavy atom. The molecule has 1 aliphatic heterocycles. The van der Waals surface area contributed by atoms with Gasteiger partial charge in [-0.1, -0.05) is 0 Å². The van der Waals surface area contributed by atoms with Gasteiger partial charge in [0.25, 0.3) is 0 Å². The molecule has 14 heavy (non-hydrogen) atoms. The van der Waals surface area contributed by atoms with Gasteiger partial charge in [0.2, 0.25) is 0 Å². The van der Waals surface area contributed by atoms with Crippen molar-refractivity contribution < 1.29 is 9.18 Å².